The van der Waals surface area contributed by atoms with E-state index < -0.39 is 0 Å². The zero-order valence-electron chi connectivity index (χ0n) is 11.8. The first-order valence-corrected chi connectivity index (χ1v) is 7.64. The van der Waals surface area contributed by atoms with Gasteiger partial charge < -0.3 is 4.90 Å². The number of benzene rings is 1. The second-order valence-corrected chi connectivity index (χ2v) is 5.93. The summed E-state index contributed by atoms with van der Waals surface area (Å²) in [6, 6.07) is 9.25. The fourth-order valence-electron chi connectivity index (χ4n) is 2.93. The van der Waals surface area contributed by atoms with Gasteiger partial charge in [-0.1, -0.05) is 23.7 Å². The summed E-state index contributed by atoms with van der Waals surface area (Å²) in [5.41, 5.74) is 1.73. The van der Waals surface area contributed by atoms with Crippen LogP contribution in [-0.4, -0.2) is 34.1 Å². The number of halogens is 1. The highest BCUT2D eigenvalue weighted by Gasteiger charge is 2.25. The van der Waals surface area contributed by atoms with Gasteiger partial charge >= 0.3 is 0 Å². The highest BCUT2D eigenvalue weighted by Crippen LogP contribution is 2.24. The Balaban J connectivity index is 1.68. The molecule has 1 fully saturated rings. The van der Waals surface area contributed by atoms with E-state index >= 15 is 0 Å². The molecule has 0 spiro atoms. The van der Waals surface area contributed by atoms with Crippen LogP contribution in [0.5, 0.6) is 0 Å². The molecular weight excluding hydrogens is 286 g/mol. The first kappa shape index (κ1) is 14.1. The van der Waals surface area contributed by atoms with Gasteiger partial charge in [-0.3, -0.25) is 9.89 Å². The number of piperidine rings is 1. The van der Waals surface area contributed by atoms with E-state index in [4.69, 9.17) is 11.6 Å². The van der Waals surface area contributed by atoms with Crippen LogP contribution in [0.4, 0.5) is 0 Å². The minimum Gasteiger partial charge on any atom is -0.338 e. The normalized spacial score (nSPS) is 18.7. The topological polar surface area (TPSA) is 49.0 Å². The molecule has 0 aliphatic carbocycles. The number of likely N-dealkylation sites (tertiary alicyclic amines) is 1. The average molecular weight is 304 g/mol. The number of amides is 1. The van der Waals surface area contributed by atoms with Crippen LogP contribution >= 0.6 is 11.6 Å². The van der Waals surface area contributed by atoms with Crippen molar-refractivity contribution in [1.29, 1.82) is 0 Å². The van der Waals surface area contributed by atoms with Gasteiger partial charge in [-0.05, 0) is 43.4 Å². The maximum Gasteiger partial charge on any atom is 0.255 e. The molecule has 0 saturated carbocycles. The lowest BCUT2D eigenvalue weighted by atomic mass is 9.93. The second kappa shape index (κ2) is 6.31. The predicted octanol–water partition coefficient (Wildman–Crippen LogP) is 3.16. The van der Waals surface area contributed by atoms with Gasteiger partial charge in [0.05, 0.1) is 10.6 Å². The molecule has 21 heavy (non-hydrogen) atoms. The summed E-state index contributed by atoms with van der Waals surface area (Å²) in [6.07, 6.45) is 4.89. The third-order valence-electron chi connectivity index (χ3n) is 3.98. The minimum atomic E-state index is 0.0370. The van der Waals surface area contributed by atoms with Gasteiger partial charge in [0.1, 0.15) is 0 Å². The van der Waals surface area contributed by atoms with Gasteiger partial charge in [0.15, 0.2) is 0 Å². The fraction of sp³-hybridized carbons (Fsp3) is 0.375. The summed E-state index contributed by atoms with van der Waals surface area (Å²) in [5, 5.41) is 7.50. The average Bonchev–Trinajstić information content (AvgIpc) is 3.00. The van der Waals surface area contributed by atoms with Crippen molar-refractivity contribution in [2.45, 2.75) is 19.3 Å². The number of nitrogens with one attached hydrogen (secondary N) is 1. The van der Waals surface area contributed by atoms with Crippen molar-refractivity contribution < 1.29 is 4.79 Å². The van der Waals surface area contributed by atoms with Crippen molar-refractivity contribution >= 4 is 17.5 Å². The van der Waals surface area contributed by atoms with E-state index in [2.05, 4.69) is 10.2 Å². The van der Waals surface area contributed by atoms with E-state index in [0.29, 0.717) is 16.5 Å². The molecule has 2 aromatic rings. The number of carbonyl (C=O) groups excluding carboxylic acids is 1. The Labute approximate surface area is 129 Å². The molecule has 3 rings (SSSR count). The lowest BCUT2D eigenvalue weighted by Gasteiger charge is -2.32. The molecule has 1 unspecified atom stereocenters. The maximum atomic E-state index is 12.6. The smallest absolute Gasteiger partial charge is 0.255 e. The largest absolute Gasteiger partial charge is 0.338 e. The number of hydrogen-bond acceptors (Lipinski definition) is 2. The molecule has 1 aliphatic rings. The summed E-state index contributed by atoms with van der Waals surface area (Å²) in [6.45, 7) is 1.59. The van der Waals surface area contributed by atoms with Gasteiger partial charge in [0, 0.05) is 25.0 Å². The summed E-state index contributed by atoms with van der Waals surface area (Å²) in [5.74, 6) is 0.514. The van der Waals surface area contributed by atoms with E-state index in [1.165, 1.54) is 0 Å². The molecule has 1 aliphatic heterocycles. The molecule has 1 aromatic heterocycles. The number of hydrogen-bond donors (Lipinski definition) is 1. The monoisotopic (exact) mass is 303 g/mol. The van der Waals surface area contributed by atoms with E-state index in [0.717, 1.165) is 38.0 Å². The standard InChI is InChI=1S/C16H18ClN3O/c17-15-6-2-1-5-14(15)16(21)20-9-3-4-12(11-20)10-13-7-8-18-19-13/h1-2,5-8,12H,3-4,9-11H2,(H,18,19). The van der Waals surface area contributed by atoms with Crippen LogP contribution in [-0.2, 0) is 6.42 Å². The van der Waals surface area contributed by atoms with Crippen molar-refractivity contribution in [3.05, 3.63) is 52.8 Å². The van der Waals surface area contributed by atoms with Crippen LogP contribution in [0.25, 0.3) is 0 Å². The SMILES string of the molecule is O=C(c1ccccc1Cl)N1CCCC(Cc2ccn[nH]2)C1. The summed E-state index contributed by atoms with van der Waals surface area (Å²) in [7, 11) is 0. The highest BCUT2D eigenvalue weighted by molar-refractivity contribution is 6.33. The number of rotatable bonds is 3. The maximum absolute atomic E-state index is 12.6. The van der Waals surface area contributed by atoms with Crippen molar-refractivity contribution in [3.8, 4) is 0 Å². The molecule has 1 atom stereocenters. The van der Waals surface area contributed by atoms with Gasteiger partial charge in [-0.2, -0.15) is 5.10 Å². The van der Waals surface area contributed by atoms with Crippen LogP contribution in [0.2, 0.25) is 5.02 Å². The van der Waals surface area contributed by atoms with Gasteiger partial charge in [-0.25, -0.2) is 0 Å². The first-order chi connectivity index (χ1) is 10.2. The summed E-state index contributed by atoms with van der Waals surface area (Å²) in [4.78, 5) is 14.5. The molecule has 1 saturated heterocycles. The molecule has 1 aromatic carbocycles. The van der Waals surface area contributed by atoms with Gasteiger partial charge in [-0.15, -0.1) is 0 Å². The van der Waals surface area contributed by atoms with Gasteiger partial charge in [0.25, 0.3) is 5.91 Å². The zero-order chi connectivity index (χ0) is 14.7. The van der Waals surface area contributed by atoms with Crippen LogP contribution in [0.1, 0.15) is 28.9 Å². The molecule has 0 radical (unpaired) electrons. The van der Waals surface area contributed by atoms with Crippen molar-refractivity contribution in [3.63, 3.8) is 0 Å². The van der Waals surface area contributed by atoms with E-state index in [1.54, 1.807) is 18.3 Å². The third kappa shape index (κ3) is 3.27. The van der Waals surface area contributed by atoms with Gasteiger partial charge in [0.2, 0.25) is 0 Å². The zero-order valence-corrected chi connectivity index (χ0v) is 12.5. The fourth-order valence-corrected chi connectivity index (χ4v) is 3.15. The Hall–Kier alpha value is -1.81. The van der Waals surface area contributed by atoms with E-state index in [9.17, 15) is 4.79 Å². The quantitative estimate of drug-likeness (QED) is 0.947. The lowest BCUT2D eigenvalue weighted by Crippen LogP contribution is -2.40. The summed E-state index contributed by atoms with van der Waals surface area (Å²) < 4.78 is 0. The predicted molar refractivity (Wildman–Crippen MR) is 82.4 cm³/mol. The number of carbonyl (C=O) groups is 1. The molecule has 2 heterocycles. The van der Waals surface area contributed by atoms with Crippen LogP contribution in [0.3, 0.4) is 0 Å². The Kier molecular flexibility index (Phi) is 4.25. The Morgan fingerprint density at radius 3 is 3.00 bits per heavy atom. The van der Waals surface area contributed by atoms with Crippen LogP contribution in [0.15, 0.2) is 36.5 Å². The summed E-state index contributed by atoms with van der Waals surface area (Å²) >= 11 is 6.13. The molecule has 1 amide bonds. The lowest BCUT2D eigenvalue weighted by molar-refractivity contribution is 0.0673. The first-order valence-electron chi connectivity index (χ1n) is 7.26. The van der Waals surface area contributed by atoms with Crippen molar-refractivity contribution in [2.75, 3.05) is 13.1 Å². The second-order valence-electron chi connectivity index (χ2n) is 5.53. The molecule has 110 valence electrons. The molecule has 0 bridgehead atoms. The third-order valence-corrected chi connectivity index (χ3v) is 4.31. The van der Waals surface area contributed by atoms with Crippen molar-refractivity contribution in [1.82, 2.24) is 15.1 Å². The Bertz CT molecular complexity index is 612. The van der Waals surface area contributed by atoms with Crippen LogP contribution < -0.4 is 0 Å². The molecule has 5 heteroatoms. The van der Waals surface area contributed by atoms with Crippen molar-refractivity contribution in [2.24, 2.45) is 5.92 Å². The number of aromatic nitrogens is 2. The number of H-pyrrole nitrogens is 1. The highest BCUT2D eigenvalue weighted by atomic mass is 35.5. The molecule has 1 N–H and O–H groups in total. The Morgan fingerprint density at radius 1 is 1.38 bits per heavy atom. The van der Waals surface area contributed by atoms with E-state index in [-0.39, 0.29) is 5.91 Å². The molecule has 4 nitrogen and oxygen atoms in total. The number of nitrogens with zero attached hydrogens (tertiary/aromatic N) is 2. The minimum absolute atomic E-state index is 0.0370. The molecular formula is C16H18ClN3O. The van der Waals surface area contributed by atoms with Crippen LogP contribution in [0, 0.1) is 5.92 Å². The number of aromatic amines is 1. The Morgan fingerprint density at radius 2 is 2.24 bits per heavy atom. The van der Waals surface area contributed by atoms with E-state index in [1.807, 2.05) is 23.1 Å².